The number of benzene rings is 2. The summed E-state index contributed by atoms with van der Waals surface area (Å²) in [7, 11) is 0. The van der Waals surface area contributed by atoms with Crippen LogP contribution in [0.3, 0.4) is 0 Å². The molecule has 28 heavy (non-hydrogen) atoms. The van der Waals surface area contributed by atoms with Crippen molar-refractivity contribution >= 4 is 5.91 Å². The van der Waals surface area contributed by atoms with Crippen LogP contribution in [-0.2, 0) is 6.42 Å². The van der Waals surface area contributed by atoms with Crippen molar-refractivity contribution in [2.24, 2.45) is 0 Å². The van der Waals surface area contributed by atoms with E-state index in [1.165, 1.54) is 12.1 Å². The minimum absolute atomic E-state index is 0.134. The van der Waals surface area contributed by atoms with Crippen LogP contribution in [0.4, 0.5) is 4.39 Å². The molecule has 1 aliphatic rings. The van der Waals surface area contributed by atoms with Crippen molar-refractivity contribution in [2.75, 3.05) is 32.7 Å². The van der Waals surface area contributed by atoms with Crippen molar-refractivity contribution in [2.45, 2.75) is 6.42 Å². The number of rotatable bonds is 5. The van der Waals surface area contributed by atoms with Gasteiger partial charge in [0.2, 0.25) is 11.8 Å². The van der Waals surface area contributed by atoms with Crippen molar-refractivity contribution in [3.63, 3.8) is 0 Å². The molecule has 1 aromatic heterocycles. The lowest BCUT2D eigenvalue weighted by Crippen LogP contribution is -2.49. The van der Waals surface area contributed by atoms with Gasteiger partial charge in [0.1, 0.15) is 5.82 Å². The van der Waals surface area contributed by atoms with Gasteiger partial charge in [0, 0.05) is 44.7 Å². The number of hydrogen-bond acceptors (Lipinski definition) is 5. The molecular weight excluding hydrogens is 359 g/mol. The largest absolute Gasteiger partial charge is 0.421 e. The average molecular weight is 380 g/mol. The third kappa shape index (κ3) is 4.09. The van der Waals surface area contributed by atoms with Crippen molar-refractivity contribution in [3.05, 3.63) is 71.9 Å². The zero-order valence-electron chi connectivity index (χ0n) is 15.4. The highest BCUT2D eigenvalue weighted by molar-refractivity contribution is 5.94. The molecule has 0 saturated carbocycles. The first-order valence-electron chi connectivity index (χ1n) is 9.34. The van der Waals surface area contributed by atoms with E-state index in [0.29, 0.717) is 31.3 Å². The Hall–Kier alpha value is -3.06. The van der Waals surface area contributed by atoms with Gasteiger partial charge in [0.15, 0.2) is 0 Å². The highest BCUT2D eigenvalue weighted by Gasteiger charge is 2.24. The fraction of sp³-hybridized carbons (Fsp3) is 0.286. The average Bonchev–Trinajstić information content (AvgIpc) is 3.22. The van der Waals surface area contributed by atoms with Gasteiger partial charge >= 0.3 is 0 Å². The van der Waals surface area contributed by atoms with E-state index in [0.717, 1.165) is 25.2 Å². The molecule has 7 heteroatoms. The Morgan fingerprint density at radius 3 is 2.43 bits per heavy atom. The Morgan fingerprint density at radius 2 is 1.68 bits per heavy atom. The summed E-state index contributed by atoms with van der Waals surface area (Å²) in [6, 6.07) is 15.8. The Kier molecular flexibility index (Phi) is 5.43. The summed E-state index contributed by atoms with van der Waals surface area (Å²) in [6.45, 7) is 3.40. The van der Waals surface area contributed by atoms with E-state index in [9.17, 15) is 9.18 Å². The number of piperazine rings is 1. The summed E-state index contributed by atoms with van der Waals surface area (Å²) in [5.74, 6) is 0.405. The molecule has 0 spiro atoms. The lowest BCUT2D eigenvalue weighted by Gasteiger charge is -2.34. The molecule has 144 valence electrons. The monoisotopic (exact) mass is 380 g/mol. The van der Waals surface area contributed by atoms with Crippen LogP contribution in [0.25, 0.3) is 11.5 Å². The van der Waals surface area contributed by atoms with Gasteiger partial charge < -0.3 is 9.32 Å². The summed E-state index contributed by atoms with van der Waals surface area (Å²) in [4.78, 5) is 16.4. The number of hydrogen-bond donors (Lipinski definition) is 0. The molecule has 0 atom stereocenters. The van der Waals surface area contributed by atoms with Gasteiger partial charge in [0.05, 0.1) is 5.56 Å². The second kappa shape index (κ2) is 8.31. The van der Waals surface area contributed by atoms with Crippen LogP contribution in [0.2, 0.25) is 0 Å². The smallest absolute Gasteiger partial charge is 0.256 e. The van der Waals surface area contributed by atoms with Gasteiger partial charge in [0.25, 0.3) is 5.91 Å². The summed E-state index contributed by atoms with van der Waals surface area (Å²) in [5, 5.41) is 8.22. The number of carbonyl (C=O) groups is 1. The highest BCUT2D eigenvalue weighted by atomic mass is 19.1. The fourth-order valence-electron chi connectivity index (χ4n) is 3.29. The molecule has 0 radical (unpaired) electrons. The molecule has 2 heterocycles. The minimum Gasteiger partial charge on any atom is -0.421 e. The van der Waals surface area contributed by atoms with E-state index in [4.69, 9.17) is 4.42 Å². The van der Waals surface area contributed by atoms with Crippen LogP contribution >= 0.6 is 0 Å². The molecule has 0 aliphatic carbocycles. The van der Waals surface area contributed by atoms with E-state index >= 15 is 0 Å². The van der Waals surface area contributed by atoms with Crippen molar-refractivity contribution in [3.8, 4) is 11.5 Å². The molecule has 4 rings (SSSR count). The summed E-state index contributed by atoms with van der Waals surface area (Å²) < 4.78 is 19.6. The Balaban J connectivity index is 1.28. The third-order valence-electron chi connectivity index (χ3n) is 4.89. The van der Waals surface area contributed by atoms with Crippen LogP contribution in [0, 0.1) is 5.82 Å². The van der Waals surface area contributed by atoms with Crippen molar-refractivity contribution in [1.29, 1.82) is 0 Å². The molecule has 1 amide bonds. The molecular formula is C21H21FN4O2. The molecule has 3 aromatic rings. The number of carbonyl (C=O) groups excluding carboxylic acids is 1. The highest BCUT2D eigenvalue weighted by Crippen LogP contribution is 2.17. The molecule has 2 aromatic carbocycles. The van der Waals surface area contributed by atoms with Gasteiger partial charge in [-0.15, -0.1) is 10.2 Å². The lowest BCUT2D eigenvalue weighted by atomic mass is 10.1. The van der Waals surface area contributed by atoms with Crippen LogP contribution < -0.4 is 0 Å². The maximum atomic E-state index is 13.8. The number of aromatic nitrogens is 2. The molecule has 1 fully saturated rings. The first-order chi connectivity index (χ1) is 13.7. The summed E-state index contributed by atoms with van der Waals surface area (Å²) >= 11 is 0. The van der Waals surface area contributed by atoms with Gasteiger partial charge in [-0.05, 0) is 24.3 Å². The summed E-state index contributed by atoms with van der Waals surface area (Å²) in [6.07, 6.45) is 0.654. The standard InChI is InChI=1S/C21H21FN4O2/c22-18-9-5-4-8-17(18)21(27)26-14-12-25(13-15-26)11-10-19-23-24-20(28-19)16-6-2-1-3-7-16/h1-9H,10-15H2. The fourth-order valence-corrected chi connectivity index (χ4v) is 3.29. The van der Waals surface area contributed by atoms with Crippen LogP contribution in [0.15, 0.2) is 59.0 Å². The van der Waals surface area contributed by atoms with Gasteiger partial charge in [-0.2, -0.15) is 0 Å². The minimum atomic E-state index is -0.472. The van der Waals surface area contributed by atoms with E-state index < -0.39 is 5.82 Å². The normalized spacial score (nSPS) is 15.0. The van der Waals surface area contributed by atoms with Crippen LogP contribution in [0.1, 0.15) is 16.2 Å². The van der Waals surface area contributed by atoms with Gasteiger partial charge in [-0.3, -0.25) is 9.69 Å². The molecule has 6 nitrogen and oxygen atoms in total. The van der Waals surface area contributed by atoms with E-state index in [1.807, 2.05) is 30.3 Å². The Morgan fingerprint density at radius 1 is 0.964 bits per heavy atom. The Bertz CT molecular complexity index is 936. The molecule has 1 saturated heterocycles. The van der Waals surface area contributed by atoms with Gasteiger partial charge in [-0.25, -0.2) is 4.39 Å². The molecule has 0 N–H and O–H groups in total. The van der Waals surface area contributed by atoms with E-state index in [1.54, 1.807) is 17.0 Å². The molecule has 0 unspecified atom stereocenters. The van der Waals surface area contributed by atoms with Crippen LogP contribution in [0.5, 0.6) is 0 Å². The first-order valence-corrected chi connectivity index (χ1v) is 9.34. The maximum absolute atomic E-state index is 13.8. The number of halogens is 1. The van der Waals surface area contributed by atoms with E-state index in [-0.39, 0.29) is 11.5 Å². The number of nitrogens with zero attached hydrogens (tertiary/aromatic N) is 4. The second-order valence-electron chi connectivity index (χ2n) is 6.73. The first kappa shape index (κ1) is 18.3. The van der Waals surface area contributed by atoms with Crippen molar-refractivity contribution in [1.82, 2.24) is 20.0 Å². The SMILES string of the molecule is O=C(c1ccccc1F)N1CCN(CCc2nnc(-c3ccccc3)o2)CC1. The predicted octanol–water partition coefficient (Wildman–Crippen LogP) is 2.88. The maximum Gasteiger partial charge on any atom is 0.256 e. The van der Waals surface area contributed by atoms with Crippen LogP contribution in [-0.4, -0.2) is 58.6 Å². The number of amides is 1. The zero-order chi connectivity index (χ0) is 19.3. The van der Waals surface area contributed by atoms with E-state index in [2.05, 4.69) is 15.1 Å². The topological polar surface area (TPSA) is 62.5 Å². The zero-order valence-corrected chi connectivity index (χ0v) is 15.4. The van der Waals surface area contributed by atoms with Crippen molar-refractivity contribution < 1.29 is 13.6 Å². The second-order valence-corrected chi connectivity index (χ2v) is 6.73. The Labute approximate surface area is 162 Å². The predicted molar refractivity (Wildman–Crippen MR) is 102 cm³/mol. The summed E-state index contributed by atoms with van der Waals surface area (Å²) in [5.41, 5.74) is 1.04. The third-order valence-corrected chi connectivity index (χ3v) is 4.89. The molecule has 0 bridgehead atoms. The molecule has 1 aliphatic heterocycles. The van der Waals surface area contributed by atoms with Gasteiger partial charge in [-0.1, -0.05) is 30.3 Å². The quantitative estimate of drug-likeness (QED) is 0.681. The lowest BCUT2D eigenvalue weighted by molar-refractivity contribution is 0.0632.